The van der Waals surface area contributed by atoms with Crippen LogP contribution in [-0.4, -0.2) is 69.9 Å². The van der Waals surface area contributed by atoms with E-state index in [1.807, 2.05) is 6.92 Å². The molecule has 2 N–H and O–H groups in total. The molecule has 1 amide bonds. The van der Waals surface area contributed by atoms with E-state index in [1.54, 1.807) is 12.1 Å². The quantitative estimate of drug-likeness (QED) is 0.570. The first-order valence-electron chi connectivity index (χ1n) is 10.5. The molecule has 1 saturated heterocycles. The van der Waals surface area contributed by atoms with E-state index in [0.29, 0.717) is 28.2 Å². The molecule has 1 fully saturated rings. The molecule has 4 rings (SSSR count). The minimum Gasteiger partial charge on any atom is -0.340 e. The Bertz CT molecular complexity index is 1230. The van der Waals surface area contributed by atoms with Gasteiger partial charge in [-0.2, -0.15) is 0 Å². The summed E-state index contributed by atoms with van der Waals surface area (Å²) in [5.74, 6) is 5.52. The summed E-state index contributed by atoms with van der Waals surface area (Å²) in [6.45, 7) is 5.82. The molecule has 8 nitrogen and oxygen atoms in total. The number of hydrogen-bond acceptors (Lipinski definition) is 7. The lowest BCUT2D eigenvalue weighted by Gasteiger charge is -2.34. The highest BCUT2D eigenvalue weighted by Gasteiger charge is 2.17. The molecule has 1 unspecified atom stereocenters. The number of fused-ring (bicyclic) bond motifs is 1. The highest BCUT2D eigenvalue weighted by atomic mass is 35.5. The molecule has 10 heteroatoms. The summed E-state index contributed by atoms with van der Waals surface area (Å²) in [5.41, 5.74) is 1.14. The van der Waals surface area contributed by atoms with Gasteiger partial charge in [-0.1, -0.05) is 17.5 Å². The maximum atomic E-state index is 13.4. The molecular weight excluding hydrogens is 445 g/mol. The van der Waals surface area contributed by atoms with Crippen LogP contribution in [0.15, 0.2) is 36.8 Å². The average Bonchev–Trinajstić information content (AvgIpc) is 2.81. The number of halogens is 2. The number of nitrogens with one attached hydrogen (secondary N) is 2. The number of amides is 1. The fraction of sp³-hybridized carbons (Fsp3) is 0.304. The van der Waals surface area contributed by atoms with Crippen molar-refractivity contribution in [3.8, 4) is 11.8 Å². The summed E-state index contributed by atoms with van der Waals surface area (Å²) in [6.07, 6.45) is 2.93. The number of carbonyl (C=O) groups is 1. The molecule has 0 spiro atoms. The number of piperazine rings is 1. The molecule has 1 atom stereocenters. The van der Waals surface area contributed by atoms with Gasteiger partial charge in [0.15, 0.2) is 0 Å². The lowest BCUT2D eigenvalue weighted by molar-refractivity contribution is -0.111. The lowest BCUT2D eigenvalue weighted by Crippen LogP contribution is -2.47. The smallest absolute Gasteiger partial charge is 0.301 e. The van der Waals surface area contributed by atoms with Crippen molar-refractivity contribution >= 4 is 45.7 Å². The number of pyridine rings is 1. The number of hydrogen-bond donors (Lipinski definition) is 2. The van der Waals surface area contributed by atoms with Gasteiger partial charge in [-0.3, -0.25) is 15.0 Å². The Morgan fingerprint density at radius 1 is 1.18 bits per heavy atom. The van der Waals surface area contributed by atoms with Crippen molar-refractivity contribution in [1.82, 2.24) is 24.8 Å². The summed E-state index contributed by atoms with van der Waals surface area (Å²) in [5, 5.41) is 6.42. The third kappa shape index (κ3) is 5.73. The Labute approximate surface area is 196 Å². The maximum Gasteiger partial charge on any atom is 0.301 e. The van der Waals surface area contributed by atoms with Gasteiger partial charge in [-0.05, 0) is 44.2 Å². The van der Waals surface area contributed by atoms with E-state index >= 15 is 0 Å². The van der Waals surface area contributed by atoms with Gasteiger partial charge in [-0.15, -0.1) is 0 Å². The van der Waals surface area contributed by atoms with Crippen molar-refractivity contribution in [1.29, 1.82) is 0 Å². The summed E-state index contributed by atoms with van der Waals surface area (Å²) in [6, 6.07) is 5.93. The van der Waals surface area contributed by atoms with Crippen LogP contribution in [0.1, 0.15) is 6.92 Å². The average molecular weight is 468 g/mol. The van der Waals surface area contributed by atoms with E-state index in [2.05, 4.69) is 54.3 Å². The van der Waals surface area contributed by atoms with Crippen molar-refractivity contribution in [2.45, 2.75) is 13.0 Å². The van der Waals surface area contributed by atoms with Gasteiger partial charge in [0.2, 0.25) is 0 Å². The number of aromatic nitrogens is 3. The van der Waals surface area contributed by atoms with Crippen LogP contribution in [0.4, 0.5) is 21.7 Å². The Morgan fingerprint density at radius 2 is 1.97 bits per heavy atom. The van der Waals surface area contributed by atoms with Crippen LogP contribution in [0.3, 0.4) is 0 Å². The zero-order chi connectivity index (χ0) is 23.4. The predicted octanol–water partition coefficient (Wildman–Crippen LogP) is 3.14. The van der Waals surface area contributed by atoms with Crippen LogP contribution in [-0.2, 0) is 4.79 Å². The SMILES string of the molecule is CC(C#CC(=O)Nc1cc2c(Nc3ccc(F)c(Cl)c3)ncnc2cn1)N1CCN(C)CC1. The molecule has 0 aliphatic carbocycles. The van der Waals surface area contributed by atoms with Gasteiger partial charge in [0.25, 0.3) is 0 Å². The first-order valence-corrected chi connectivity index (χ1v) is 10.8. The van der Waals surface area contributed by atoms with Crippen LogP contribution in [0.25, 0.3) is 10.9 Å². The van der Waals surface area contributed by atoms with Gasteiger partial charge in [0.1, 0.15) is 23.8 Å². The number of carbonyl (C=O) groups excluding carboxylic acids is 1. The third-order valence-electron chi connectivity index (χ3n) is 5.43. The van der Waals surface area contributed by atoms with E-state index in [1.165, 1.54) is 24.7 Å². The molecule has 3 aromatic rings. The Morgan fingerprint density at radius 3 is 2.73 bits per heavy atom. The Hall–Kier alpha value is -3.32. The second-order valence-corrected chi connectivity index (χ2v) is 8.21. The van der Waals surface area contributed by atoms with Gasteiger partial charge >= 0.3 is 5.91 Å². The second-order valence-electron chi connectivity index (χ2n) is 7.80. The molecule has 1 aliphatic heterocycles. The monoisotopic (exact) mass is 467 g/mol. The maximum absolute atomic E-state index is 13.4. The van der Waals surface area contributed by atoms with E-state index in [0.717, 1.165) is 26.2 Å². The van der Waals surface area contributed by atoms with Crippen molar-refractivity contribution in [3.05, 3.63) is 47.6 Å². The van der Waals surface area contributed by atoms with Crippen LogP contribution in [0.5, 0.6) is 0 Å². The van der Waals surface area contributed by atoms with Crippen LogP contribution < -0.4 is 10.6 Å². The molecule has 3 heterocycles. The van der Waals surface area contributed by atoms with Crippen molar-refractivity contribution in [3.63, 3.8) is 0 Å². The number of benzene rings is 1. The third-order valence-corrected chi connectivity index (χ3v) is 5.72. The summed E-state index contributed by atoms with van der Waals surface area (Å²) in [7, 11) is 2.10. The zero-order valence-electron chi connectivity index (χ0n) is 18.3. The largest absolute Gasteiger partial charge is 0.340 e. The van der Waals surface area contributed by atoms with E-state index in [-0.39, 0.29) is 11.1 Å². The highest BCUT2D eigenvalue weighted by molar-refractivity contribution is 6.31. The standard InChI is InChI=1S/C23H23ClFN7O/c1-15(32-9-7-31(2)8-10-32)3-6-22(33)30-21-12-17-20(13-26-21)27-14-28-23(17)29-16-4-5-19(25)18(24)11-16/h4-5,11-15H,7-10H2,1-2H3,(H,26,30,33)(H,27,28,29). The van der Waals surface area contributed by atoms with Crippen LogP contribution >= 0.6 is 11.6 Å². The van der Waals surface area contributed by atoms with E-state index in [4.69, 9.17) is 11.6 Å². The number of likely N-dealkylation sites (N-methyl/N-ethyl adjacent to an activating group) is 1. The van der Waals surface area contributed by atoms with Crippen molar-refractivity contribution in [2.75, 3.05) is 43.9 Å². The minimum absolute atomic E-state index is 0.00245. The van der Waals surface area contributed by atoms with Crippen LogP contribution in [0, 0.1) is 17.7 Å². The molecule has 1 aliphatic rings. The van der Waals surface area contributed by atoms with Crippen molar-refractivity contribution in [2.24, 2.45) is 0 Å². The van der Waals surface area contributed by atoms with Gasteiger partial charge in [0.05, 0.1) is 22.8 Å². The van der Waals surface area contributed by atoms with E-state index < -0.39 is 11.7 Å². The van der Waals surface area contributed by atoms with Crippen molar-refractivity contribution < 1.29 is 9.18 Å². The van der Waals surface area contributed by atoms with Gasteiger partial charge in [0, 0.05) is 37.3 Å². The van der Waals surface area contributed by atoms with Gasteiger partial charge < -0.3 is 10.2 Å². The first-order chi connectivity index (χ1) is 15.9. The number of rotatable bonds is 4. The normalized spacial score (nSPS) is 15.5. The zero-order valence-corrected chi connectivity index (χ0v) is 19.0. The molecule has 1 aromatic carbocycles. The van der Waals surface area contributed by atoms with Gasteiger partial charge in [-0.25, -0.2) is 19.3 Å². The fourth-order valence-electron chi connectivity index (χ4n) is 3.46. The molecule has 170 valence electrons. The fourth-order valence-corrected chi connectivity index (χ4v) is 3.64. The Kier molecular flexibility index (Phi) is 6.99. The predicted molar refractivity (Wildman–Crippen MR) is 127 cm³/mol. The summed E-state index contributed by atoms with van der Waals surface area (Å²) < 4.78 is 13.4. The number of nitrogens with zero attached hydrogens (tertiary/aromatic N) is 5. The highest BCUT2D eigenvalue weighted by Crippen LogP contribution is 2.26. The second kappa shape index (κ2) is 10.1. The molecule has 33 heavy (non-hydrogen) atoms. The molecule has 0 radical (unpaired) electrons. The molecule has 0 bridgehead atoms. The van der Waals surface area contributed by atoms with E-state index in [9.17, 15) is 9.18 Å². The first kappa shape index (κ1) is 22.9. The van der Waals surface area contributed by atoms with Crippen LogP contribution in [0.2, 0.25) is 5.02 Å². The minimum atomic E-state index is -0.507. The molecular formula is C23H23ClFN7O. The Balaban J connectivity index is 1.48. The summed E-state index contributed by atoms with van der Waals surface area (Å²) >= 11 is 5.87. The molecule has 0 saturated carbocycles. The molecule has 2 aromatic heterocycles. The summed E-state index contributed by atoms with van der Waals surface area (Å²) in [4.78, 5) is 29.6. The lowest BCUT2D eigenvalue weighted by atomic mass is 10.2. The topological polar surface area (TPSA) is 86.3 Å². The number of anilines is 3.